The molecule has 184 valence electrons. The second kappa shape index (κ2) is 10.5. The molecule has 9 heteroatoms. The molecule has 4 aromatic rings. The van der Waals surface area contributed by atoms with Crippen molar-refractivity contribution >= 4 is 40.2 Å². The number of para-hydroxylation sites is 1. The summed E-state index contributed by atoms with van der Waals surface area (Å²) in [5.41, 5.74) is 3.44. The van der Waals surface area contributed by atoms with Gasteiger partial charge in [-0.05, 0) is 55.2 Å². The minimum absolute atomic E-state index is 0.189. The minimum Gasteiger partial charge on any atom is -0.363 e. The van der Waals surface area contributed by atoms with Gasteiger partial charge < -0.3 is 15.5 Å². The molecular formula is C27H26ClFN6O. The lowest BCUT2D eigenvalue weighted by Gasteiger charge is -2.17. The molecule has 0 spiro atoms. The number of nitrogens with one attached hydrogen (secondary N) is 2. The Bertz CT molecular complexity index is 1410. The van der Waals surface area contributed by atoms with Gasteiger partial charge in [0.15, 0.2) is 11.6 Å². The molecule has 0 unspecified atom stereocenters. The maximum Gasteiger partial charge on any atom is 0.251 e. The summed E-state index contributed by atoms with van der Waals surface area (Å²) in [4.78, 5) is 27.8. The van der Waals surface area contributed by atoms with E-state index in [0.717, 1.165) is 48.0 Å². The van der Waals surface area contributed by atoms with E-state index in [1.54, 1.807) is 25.1 Å². The second-order valence-corrected chi connectivity index (χ2v) is 9.21. The third kappa shape index (κ3) is 5.23. The number of carbonyl (C=O) groups excluding carboxylic acids is 1. The molecule has 2 aromatic carbocycles. The van der Waals surface area contributed by atoms with Gasteiger partial charge in [-0.2, -0.15) is 4.98 Å². The highest BCUT2D eigenvalue weighted by atomic mass is 35.5. The summed E-state index contributed by atoms with van der Waals surface area (Å²) in [5, 5.41) is 7.36. The molecule has 7 nitrogen and oxygen atoms in total. The van der Waals surface area contributed by atoms with Crippen LogP contribution < -0.4 is 15.5 Å². The molecule has 5 rings (SSSR count). The van der Waals surface area contributed by atoms with E-state index in [1.807, 2.05) is 36.4 Å². The summed E-state index contributed by atoms with van der Waals surface area (Å²) in [6, 6.07) is 16.6. The number of anilines is 2. The lowest BCUT2D eigenvalue weighted by molar-refractivity contribution is 0.0951. The van der Waals surface area contributed by atoms with Gasteiger partial charge in [0.1, 0.15) is 5.15 Å². The fourth-order valence-electron chi connectivity index (χ4n) is 4.32. The fraction of sp³-hybridized carbons (Fsp3) is 0.259. The van der Waals surface area contributed by atoms with Gasteiger partial charge in [0, 0.05) is 37.1 Å². The number of amides is 1. The number of carbonyl (C=O) groups is 1. The Hall–Kier alpha value is -3.78. The molecule has 36 heavy (non-hydrogen) atoms. The van der Waals surface area contributed by atoms with E-state index >= 15 is 0 Å². The van der Waals surface area contributed by atoms with Gasteiger partial charge in [-0.25, -0.2) is 14.4 Å². The zero-order chi connectivity index (χ0) is 25.1. The molecule has 0 atom stereocenters. The van der Waals surface area contributed by atoms with Crippen molar-refractivity contribution in [2.24, 2.45) is 0 Å². The maximum atomic E-state index is 14.6. The fourth-order valence-corrected chi connectivity index (χ4v) is 4.54. The number of halogens is 2. The smallest absolute Gasteiger partial charge is 0.251 e. The van der Waals surface area contributed by atoms with Crippen molar-refractivity contribution in [1.29, 1.82) is 0 Å². The van der Waals surface area contributed by atoms with Crippen LogP contribution in [0.15, 0.2) is 54.6 Å². The van der Waals surface area contributed by atoms with Gasteiger partial charge in [0.2, 0.25) is 5.95 Å². The first-order chi connectivity index (χ1) is 17.5. The van der Waals surface area contributed by atoms with Crippen LogP contribution >= 0.6 is 11.6 Å². The highest BCUT2D eigenvalue weighted by Gasteiger charge is 2.19. The minimum atomic E-state index is -0.447. The number of benzene rings is 2. The van der Waals surface area contributed by atoms with E-state index < -0.39 is 5.82 Å². The average molecular weight is 505 g/mol. The van der Waals surface area contributed by atoms with Crippen LogP contribution in [-0.4, -0.2) is 33.9 Å². The summed E-state index contributed by atoms with van der Waals surface area (Å²) in [6.07, 6.45) is 2.19. The van der Waals surface area contributed by atoms with Crippen LogP contribution in [0.1, 0.15) is 40.0 Å². The number of rotatable bonds is 7. The van der Waals surface area contributed by atoms with E-state index in [-0.39, 0.29) is 11.7 Å². The number of hydrogen-bond acceptors (Lipinski definition) is 6. The van der Waals surface area contributed by atoms with E-state index in [1.165, 1.54) is 0 Å². The lowest BCUT2D eigenvalue weighted by atomic mass is 10.1. The normalized spacial score (nSPS) is 13.2. The van der Waals surface area contributed by atoms with E-state index in [9.17, 15) is 9.18 Å². The summed E-state index contributed by atoms with van der Waals surface area (Å²) >= 11 is 6.14. The van der Waals surface area contributed by atoms with Crippen molar-refractivity contribution in [1.82, 2.24) is 20.3 Å². The molecule has 0 bridgehead atoms. The third-order valence-corrected chi connectivity index (χ3v) is 6.47. The van der Waals surface area contributed by atoms with Crippen molar-refractivity contribution in [3.05, 3.63) is 88.0 Å². The molecule has 0 radical (unpaired) electrons. The molecule has 2 N–H and O–H groups in total. The zero-order valence-electron chi connectivity index (χ0n) is 19.9. The Kier molecular flexibility index (Phi) is 6.95. The number of pyridine rings is 1. The van der Waals surface area contributed by atoms with Gasteiger partial charge in [0.25, 0.3) is 5.91 Å². The number of fused-ring (bicyclic) bond motifs is 1. The van der Waals surface area contributed by atoms with Crippen LogP contribution in [0.5, 0.6) is 0 Å². The number of aryl methyl sites for hydroxylation is 1. The van der Waals surface area contributed by atoms with Crippen molar-refractivity contribution in [2.45, 2.75) is 32.9 Å². The van der Waals surface area contributed by atoms with E-state index in [4.69, 9.17) is 11.6 Å². The van der Waals surface area contributed by atoms with Crippen molar-refractivity contribution in [2.75, 3.05) is 23.3 Å². The number of hydrogen-bond donors (Lipinski definition) is 2. The summed E-state index contributed by atoms with van der Waals surface area (Å²) < 4.78 is 14.6. The topological polar surface area (TPSA) is 83.0 Å². The largest absolute Gasteiger partial charge is 0.363 e. The third-order valence-electron chi connectivity index (χ3n) is 6.28. The first-order valence-corrected chi connectivity index (χ1v) is 12.3. The predicted octanol–water partition coefficient (Wildman–Crippen LogP) is 5.27. The van der Waals surface area contributed by atoms with Crippen LogP contribution in [0.4, 0.5) is 16.2 Å². The number of aromatic nitrogens is 3. The highest BCUT2D eigenvalue weighted by molar-refractivity contribution is 6.29. The Balaban J connectivity index is 1.22. The Morgan fingerprint density at radius 2 is 1.78 bits per heavy atom. The molecular weight excluding hydrogens is 479 g/mol. The van der Waals surface area contributed by atoms with Crippen LogP contribution in [-0.2, 0) is 13.1 Å². The molecule has 3 heterocycles. The Morgan fingerprint density at radius 1 is 1.03 bits per heavy atom. The highest BCUT2D eigenvalue weighted by Crippen LogP contribution is 2.23. The van der Waals surface area contributed by atoms with Gasteiger partial charge in [-0.15, -0.1) is 0 Å². The summed E-state index contributed by atoms with van der Waals surface area (Å²) in [5.74, 6) is 0.107. The van der Waals surface area contributed by atoms with Gasteiger partial charge in [-0.1, -0.05) is 41.9 Å². The maximum absolute atomic E-state index is 14.6. The van der Waals surface area contributed by atoms with Crippen molar-refractivity contribution in [3.8, 4) is 0 Å². The zero-order valence-corrected chi connectivity index (χ0v) is 20.6. The quantitative estimate of drug-likeness (QED) is 0.334. The van der Waals surface area contributed by atoms with E-state index in [2.05, 4.69) is 30.5 Å². The van der Waals surface area contributed by atoms with Gasteiger partial charge >= 0.3 is 0 Å². The molecule has 1 aliphatic heterocycles. The monoisotopic (exact) mass is 504 g/mol. The van der Waals surface area contributed by atoms with Crippen LogP contribution in [0.25, 0.3) is 10.9 Å². The second-order valence-electron chi connectivity index (χ2n) is 8.82. The average Bonchev–Trinajstić information content (AvgIpc) is 3.43. The first-order valence-electron chi connectivity index (χ1n) is 11.9. The van der Waals surface area contributed by atoms with Gasteiger partial charge in [0.05, 0.1) is 11.2 Å². The Morgan fingerprint density at radius 3 is 2.56 bits per heavy atom. The molecule has 1 amide bonds. The number of nitrogens with zero attached hydrogens (tertiary/aromatic N) is 4. The van der Waals surface area contributed by atoms with Crippen LogP contribution in [0.2, 0.25) is 5.15 Å². The lowest BCUT2D eigenvalue weighted by Crippen LogP contribution is -2.23. The van der Waals surface area contributed by atoms with Crippen molar-refractivity contribution < 1.29 is 9.18 Å². The molecule has 1 fully saturated rings. The molecule has 0 aliphatic carbocycles. The van der Waals surface area contributed by atoms with Crippen LogP contribution in [0.3, 0.4) is 0 Å². The van der Waals surface area contributed by atoms with E-state index in [0.29, 0.717) is 35.4 Å². The standard InChI is InChI=1S/C27H26ClFN6O/c1-17-24(29)25(34-27(32-17)35-12-4-5-13-35)30-15-18-8-10-19(11-9-18)26(36)31-16-20-14-23(28)33-22-7-3-2-6-21(20)22/h2-3,6-11,14H,4-5,12-13,15-16H2,1H3,(H,31,36)(H,30,32,34). The van der Waals surface area contributed by atoms with Gasteiger partial charge in [-0.3, -0.25) is 4.79 Å². The SMILES string of the molecule is Cc1nc(N2CCCC2)nc(NCc2ccc(C(=O)NCc3cc(Cl)nc4ccccc34)cc2)c1F. The summed E-state index contributed by atoms with van der Waals surface area (Å²) in [6.45, 7) is 4.13. The first kappa shape index (κ1) is 23.9. The van der Waals surface area contributed by atoms with Crippen LogP contribution in [0, 0.1) is 12.7 Å². The molecule has 2 aromatic heterocycles. The predicted molar refractivity (Wildman–Crippen MR) is 140 cm³/mol. The Labute approximate surface area is 213 Å². The summed E-state index contributed by atoms with van der Waals surface area (Å²) in [7, 11) is 0. The molecule has 1 saturated heterocycles. The molecule has 1 aliphatic rings. The molecule has 0 saturated carbocycles. The van der Waals surface area contributed by atoms with Crippen molar-refractivity contribution in [3.63, 3.8) is 0 Å².